The third kappa shape index (κ3) is 2.54. The number of hydrogen-bond acceptors (Lipinski definition) is 2. The van der Waals surface area contributed by atoms with Crippen LogP contribution in [0.25, 0.3) is 17.0 Å². The number of rotatable bonds is 4. The minimum Gasteiger partial charge on any atom is -0.477 e. The van der Waals surface area contributed by atoms with E-state index in [9.17, 15) is 4.79 Å². The molecule has 0 saturated carbocycles. The van der Waals surface area contributed by atoms with Crippen LogP contribution in [0.2, 0.25) is 0 Å². The van der Waals surface area contributed by atoms with E-state index < -0.39 is 5.97 Å². The zero-order valence-electron chi connectivity index (χ0n) is 9.31. The number of nitrogens with two attached hydrogens (primary N) is 1. The van der Waals surface area contributed by atoms with E-state index in [1.807, 2.05) is 30.4 Å². The number of carboxylic acids is 1. The Hall–Kier alpha value is -2.07. The molecule has 1 heterocycles. The second-order valence-electron chi connectivity index (χ2n) is 3.81. The zero-order valence-corrected chi connectivity index (χ0v) is 9.31. The van der Waals surface area contributed by atoms with E-state index in [1.54, 1.807) is 6.07 Å². The van der Waals surface area contributed by atoms with Crippen LogP contribution in [0.15, 0.2) is 30.3 Å². The number of carbonyl (C=O) groups is 1. The Bertz CT molecular complexity index is 570. The van der Waals surface area contributed by atoms with E-state index in [2.05, 4.69) is 4.98 Å². The van der Waals surface area contributed by atoms with Crippen molar-refractivity contribution in [3.05, 3.63) is 41.6 Å². The Morgan fingerprint density at radius 2 is 2.24 bits per heavy atom. The molecule has 4 nitrogen and oxygen atoms in total. The first-order valence-electron chi connectivity index (χ1n) is 5.43. The van der Waals surface area contributed by atoms with Crippen molar-refractivity contribution in [2.45, 2.75) is 6.42 Å². The van der Waals surface area contributed by atoms with Gasteiger partial charge in [0.15, 0.2) is 0 Å². The summed E-state index contributed by atoms with van der Waals surface area (Å²) in [5.41, 5.74) is 7.47. The summed E-state index contributed by atoms with van der Waals surface area (Å²) in [4.78, 5) is 13.7. The van der Waals surface area contributed by atoms with Crippen molar-refractivity contribution in [2.75, 3.05) is 6.54 Å². The first kappa shape index (κ1) is 11.4. The summed E-state index contributed by atoms with van der Waals surface area (Å²) >= 11 is 0. The smallest absolute Gasteiger partial charge is 0.352 e. The number of hydrogen-bond donors (Lipinski definition) is 3. The monoisotopic (exact) mass is 230 g/mol. The number of fused-ring (bicyclic) bond motifs is 1. The van der Waals surface area contributed by atoms with Crippen molar-refractivity contribution < 1.29 is 9.90 Å². The minimum absolute atomic E-state index is 0.211. The molecule has 4 heteroatoms. The molecule has 0 radical (unpaired) electrons. The third-order valence-corrected chi connectivity index (χ3v) is 2.52. The standard InChI is InChI=1S/C13H14N2O2/c14-6-2-1-3-9-4-5-10-8-12(13(16)17)15-11(10)7-9/h1,3-5,7-8,15H,2,6,14H2,(H,16,17). The summed E-state index contributed by atoms with van der Waals surface area (Å²) in [6.45, 7) is 0.629. The van der Waals surface area contributed by atoms with Crippen molar-refractivity contribution in [3.63, 3.8) is 0 Å². The van der Waals surface area contributed by atoms with Crippen molar-refractivity contribution in [3.8, 4) is 0 Å². The quantitative estimate of drug-likeness (QED) is 0.753. The van der Waals surface area contributed by atoms with Crippen LogP contribution in [0.4, 0.5) is 0 Å². The summed E-state index contributed by atoms with van der Waals surface area (Å²) in [6, 6.07) is 7.41. The molecule has 4 N–H and O–H groups in total. The first-order valence-corrected chi connectivity index (χ1v) is 5.43. The van der Waals surface area contributed by atoms with Gasteiger partial charge in [-0.15, -0.1) is 0 Å². The first-order chi connectivity index (χ1) is 8.20. The highest BCUT2D eigenvalue weighted by atomic mass is 16.4. The molecule has 88 valence electrons. The number of benzene rings is 1. The van der Waals surface area contributed by atoms with Crippen LogP contribution < -0.4 is 5.73 Å². The molecule has 0 aliphatic carbocycles. The molecule has 0 saturated heterocycles. The van der Waals surface area contributed by atoms with Crippen LogP contribution >= 0.6 is 0 Å². The minimum atomic E-state index is -0.943. The van der Waals surface area contributed by atoms with Crippen LogP contribution in [0.3, 0.4) is 0 Å². The second kappa shape index (κ2) is 4.84. The number of carboxylic acid groups (broad SMARTS) is 1. The maximum atomic E-state index is 10.8. The van der Waals surface area contributed by atoms with Crippen molar-refractivity contribution in [1.82, 2.24) is 4.98 Å². The highest BCUT2D eigenvalue weighted by Gasteiger charge is 2.06. The van der Waals surface area contributed by atoms with Crippen molar-refractivity contribution in [2.24, 2.45) is 5.73 Å². The van der Waals surface area contributed by atoms with Gasteiger partial charge in [0, 0.05) is 10.9 Å². The van der Waals surface area contributed by atoms with Crippen LogP contribution in [-0.4, -0.2) is 22.6 Å². The van der Waals surface area contributed by atoms with Gasteiger partial charge in [0.1, 0.15) is 5.69 Å². The molecule has 1 aromatic carbocycles. The van der Waals surface area contributed by atoms with Gasteiger partial charge in [-0.05, 0) is 30.7 Å². The van der Waals surface area contributed by atoms with Gasteiger partial charge < -0.3 is 15.8 Å². The van der Waals surface area contributed by atoms with Gasteiger partial charge in [-0.1, -0.05) is 24.3 Å². The topological polar surface area (TPSA) is 79.1 Å². The molecule has 0 fully saturated rings. The average Bonchev–Trinajstić information content (AvgIpc) is 2.72. The molecular formula is C13H14N2O2. The molecular weight excluding hydrogens is 216 g/mol. The van der Waals surface area contributed by atoms with Crippen LogP contribution in [0.5, 0.6) is 0 Å². The lowest BCUT2D eigenvalue weighted by Crippen LogP contribution is -1.95. The fourth-order valence-corrected chi connectivity index (χ4v) is 1.68. The average molecular weight is 230 g/mol. The van der Waals surface area contributed by atoms with E-state index >= 15 is 0 Å². The van der Waals surface area contributed by atoms with Crippen LogP contribution in [0.1, 0.15) is 22.5 Å². The fourth-order valence-electron chi connectivity index (χ4n) is 1.68. The van der Waals surface area contributed by atoms with E-state index in [4.69, 9.17) is 10.8 Å². The van der Waals surface area contributed by atoms with Gasteiger partial charge >= 0.3 is 5.97 Å². The van der Waals surface area contributed by atoms with Gasteiger partial charge in [-0.3, -0.25) is 0 Å². The van der Waals surface area contributed by atoms with Gasteiger partial charge in [-0.25, -0.2) is 4.79 Å². The summed E-state index contributed by atoms with van der Waals surface area (Å²) in [6.07, 6.45) is 4.82. The number of aromatic nitrogens is 1. The van der Waals surface area contributed by atoms with Crippen LogP contribution in [0, 0.1) is 0 Å². The van der Waals surface area contributed by atoms with Gasteiger partial charge in [0.2, 0.25) is 0 Å². The summed E-state index contributed by atoms with van der Waals surface area (Å²) in [5.74, 6) is -0.943. The predicted octanol–water partition coefficient (Wildman–Crippen LogP) is 2.23. The lowest BCUT2D eigenvalue weighted by atomic mass is 10.1. The van der Waals surface area contributed by atoms with Crippen molar-refractivity contribution in [1.29, 1.82) is 0 Å². The van der Waals surface area contributed by atoms with Gasteiger partial charge in [-0.2, -0.15) is 0 Å². The molecule has 0 bridgehead atoms. The van der Waals surface area contributed by atoms with Crippen LogP contribution in [-0.2, 0) is 0 Å². The highest BCUT2D eigenvalue weighted by Crippen LogP contribution is 2.18. The Balaban J connectivity index is 2.33. The lowest BCUT2D eigenvalue weighted by Gasteiger charge is -1.94. The summed E-state index contributed by atoms with van der Waals surface area (Å²) < 4.78 is 0. The Morgan fingerprint density at radius 3 is 2.94 bits per heavy atom. The Kier molecular flexibility index (Phi) is 3.25. The summed E-state index contributed by atoms with van der Waals surface area (Å²) in [5, 5.41) is 9.77. The van der Waals surface area contributed by atoms with Gasteiger partial charge in [0.05, 0.1) is 0 Å². The maximum absolute atomic E-state index is 10.8. The van der Waals surface area contributed by atoms with E-state index in [0.717, 1.165) is 22.9 Å². The van der Waals surface area contributed by atoms with Crippen molar-refractivity contribution >= 4 is 22.9 Å². The summed E-state index contributed by atoms with van der Waals surface area (Å²) in [7, 11) is 0. The predicted molar refractivity (Wildman–Crippen MR) is 68.0 cm³/mol. The van der Waals surface area contributed by atoms with E-state index in [0.29, 0.717) is 6.54 Å². The molecule has 0 unspecified atom stereocenters. The third-order valence-electron chi connectivity index (χ3n) is 2.52. The fraction of sp³-hybridized carbons (Fsp3) is 0.154. The van der Waals surface area contributed by atoms with E-state index in [-0.39, 0.29) is 5.69 Å². The Morgan fingerprint density at radius 1 is 1.41 bits per heavy atom. The molecule has 2 rings (SSSR count). The maximum Gasteiger partial charge on any atom is 0.352 e. The van der Waals surface area contributed by atoms with E-state index in [1.165, 1.54) is 0 Å². The number of nitrogens with one attached hydrogen (secondary N) is 1. The largest absolute Gasteiger partial charge is 0.477 e. The molecule has 0 spiro atoms. The number of aromatic amines is 1. The normalized spacial score (nSPS) is 11.4. The second-order valence-corrected chi connectivity index (χ2v) is 3.81. The SMILES string of the molecule is NCCC=Cc1ccc2cc(C(=O)O)[nH]c2c1. The molecule has 0 aliphatic heterocycles. The molecule has 0 amide bonds. The molecule has 17 heavy (non-hydrogen) atoms. The Labute approximate surface area is 98.8 Å². The number of H-pyrrole nitrogens is 1. The highest BCUT2D eigenvalue weighted by molar-refractivity contribution is 5.94. The lowest BCUT2D eigenvalue weighted by molar-refractivity contribution is 0.0691. The zero-order chi connectivity index (χ0) is 12.3. The molecule has 1 aromatic heterocycles. The number of aromatic carboxylic acids is 1. The molecule has 0 atom stereocenters. The molecule has 0 aliphatic rings. The molecule has 2 aromatic rings. The van der Waals surface area contributed by atoms with Gasteiger partial charge in [0.25, 0.3) is 0 Å².